The fourth-order valence-electron chi connectivity index (χ4n) is 2.56. The maximum atomic E-state index is 13.8. The van der Waals surface area contributed by atoms with Crippen molar-refractivity contribution >= 4 is 27.2 Å². The number of sulfonamides is 1. The fraction of sp³-hybridized carbons (Fsp3) is 0.462. The average molecular weight is 334 g/mol. The predicted molar refractivity (Wildman–Crippen MR) is 79.3 cm³/mol. The van der Waals surface area contributed by atoms with E-state index in [0.717, 1.165) is 29.3 Å². The third kappa shape index (κ3) is 3.56. The van der Waals surface area contributed by atoms with Gasteiger partial charge in [-0.1, -0.05) is 25.1 Å². The van der Waals surface area contributed by atoms with E-state index in [2.05, 4.69) is 0 Å². The third-order valence-electron chi connectivity index (χ3n) is 3.52. The van der Waals surface area contributed by atoms with Crippen LogP contribution in [-0.2, 0) is 10.0 Å². The largest absolute Gasteiger partial charge is 0.392 e. The second-order valence-corrected chi connectivity index (χ2v) is 7.41. The van der Waals surface area contributed by atoms with Gasteiger partial charge in [0.25, 0.3) is 0 Å². The first kappa shape index (κ1) is 16.3. The Labute approximate surface area is 128 Å². The summed E-state index contributed by atoms with van der Waals surface area (Å²) >= 11 is 4.79. The Morgan fingerprint density at radius 1 is 1.33 bits per heavy atom. The van der Waals surface area contributed by atoms with E-state index in [1.165, 1.54) is 0 Å². The van der Waals surface area contributed by atoms with Gasteiger partial charge in [-0.2, -0.15) is 4.31 Å². The molecule has 0 aromatic heterocycles. The van der Waals surface area contributed by atoms with Crippen molar-refractivity contribution in [1.82, 2.24) is 4.31 Å². The zero-order valence-electron chi connectivity index (χ0n) is 11.3. The molecule has 2 N–H and O–H groups in total. The van der Waals surface area contributed by atoms with Gasteiger partial charge in [0.1, 0.15) is 16.5 Å². The van der Waals surface area contributed by atoms with Crippen molar-refractivity contribution in [1.29, 1.82) is 0 Å². The first-order chi connectivity index (χ1) is 9.82. The van der Waals surface area contributed by atoms with Crippen LogP contribution in [0.15, 0.2) is 23.1 Å². The number of nitrogens with zero attached hydrogens (tertiary/aromatic N) is 1. The van der Waals surface area contributed by atoms with Gasteiger partial charge in [-0.05, 0) is 31.0 Å². The molecule has 0 amide bonds. The summed E-state index contributed by atoms with van der Waals surface area (Å²) in [6.07, 6.45) is 3.11. The zero-order valence-corrected chi connectivity index (χ0v) is 12.9. The molecule has 8 heteroatoms. The van der Waals surface area contributed by atoms with Gasteiger partial charge in [-0.3, -0.25) is 0 Å². The number of rotatable bonds is 5. The van der Waals surface area contributed by atoms with E-state index in [0.29, 0.717) is 18.9 Å². The van der Waals surface area contributed by atoms with E-state index >= 15 is 0 Å². The average Bonchev–Trinajstić information content (AvgIpc) is 2.92. The highest BCUT2D eigenvalue weighted by molar-refractivity contribution is 7.89. The molecule has 0 atom stereocenters. The molecule has 0 aliphatic heterocycles. The van der Waals surface area contributed by atoms with Gasteiger partial charge in [0, 0.05) is 6.04 Å². The van der Waals surface area contributed by atoms with E-state index in [-0.39, 0.29) is 17.6 Å². The van der Waals surface area contributed by atoms with Crippen molar-refractivity contribution in [2.24, 2.45) is 5.73 Å². The Kier molecular flexibility index (Phi) is 4.90. The van der Waals surface area contributed by atoms with E-state index < -0.39 is 26.6 Å². The van der Waals surface area contributed by atoms with Crippen LogP contribution in [0.3, 0.4) is 0 Å². The minimum absolute atomic E-state index is 0.00212. The van der Waals surface area contributed by atoms with Crippen LogP contribution < -0.4 is 5.73 Å². The number of thiocarbonyl (C=S) groups is 1. The molecule has 116 valence electrons. The summed E-state index contributed by atoms with van der Waals surface area (Å²) in [5, 5.41) is 0. The molecular weight excluding hydrogens is 318 g/mol. The second-order valence-electron chi connectivity index (χ2n) is 5.03. The summed E-state index contributed by atoms with van der Waals surface area (Å²) in [5.41, 5.74) is 5.46. The Balaban J connectivity index is 2.45. The van der Waals surface area contributed by atoms with Gasteiger partial charge in [-0.15, -0.1) is 0 Å². The van der Waals surface area contributed by atoms with E-state index in [4.69, 9.17) is 18.0 Å². The minimum atomic E-state index is -4.18. The molecule has 1 saturated carbocycles. The molecule has 1 aliphatic carbocycles. The molecule has 0 unspecified atom stereocenters. The zero-order chi connectivity index (χ0) is 15.6. The third-order valence-corrected chi connectivity index (χ3v) is 5.57. The van der Waals surface area contributed by atoms with Crippen molar-refractivity contribution in [2.75, 3.05) is 6.54 Å². The lowest BCUT2D eigenvalue weighted by molar-refractivity contribution is 0.352. The molecule has 21 heavy (non-hydrogen) atoms. The fourth-order valence-corrected chi connectivity index (χ4v) is 4.52. The van der Waals surface area contributed by atoms with Crippen LogP contribution in [0.1, 0.15) is 25.7 Å². The van der Waals surface area contributed by atoms with Crippen LogP contribution in [0.5, 0.6) is 0 Å². The lowest BCUT2D eigenvalue weighted by Gasteiger charge is -2.27. The summed E-state index contributed by atoms with van der Waals surface area (Å²) in [6, 6.07) is 2.09. The van der Waals surface area contributed by atoms with Gasteiger partial charge in [0.2, 0.25) is 10.0 Å². The Morgan fingerprint density at radius 2 is 1.95 bits per heavy atom. The van der Waals surface area contributed by atoms with Crippen LogP contribution in [-0.4, -0.2) is 30.3 Å². The summed E-state index contributed by atoms with van der Waals surface area (Å²) < 4.78 is 53.5. The molecule has 0 spiro atoms. The molecule has 0 radical (unpaired) electrons. The highest BCUT2D eigenvalue weighted by Crippen LogP contribution is 2.29. The van der Waals surface area contributed by atoms with Gasteiger partial charge in [0.15, 0.2) is 0 Å². The number of nitrogens with two attached hydrogens (primary N) is 1. The van der Waals surface area contributed by atoms with Gasteiger partial charge >= 0.3 is 0 Å². The Hall–Kier alpha value is -1.12. The summed E-state index contributed by atoms with van der Waals surface area (Å²) in [7, 11) is -4.18. The normalized spacial score (nSPS) is 16.5. The van der Waals surface area contributed by atoms with Crippen molar-refractivity contribution in [3.63, 3.8) is 0 Å². The number of halogens is 2. The maximum Gasteiger partial charge on any atom is 0.246 e. The van der Waals surface area contributed by atoms with Crippen molar-refractivity contribution in [3.8, 4) is 0 Å². The first-order valence-electron chi connectivity index (χ1n) is 6.57. The van der Waals surface area contributed by atoms with E-state index in [9.17, 15) is 17.2 Å². The SMILES string of the molecule is NC(=S)CN(C1CCCC1)S(=O)(=O)c1cc(F)ccc1F. The molecule has 2 rings (SSSR count). The monoisotopic (exact) mass is 334 g/mol. The lowest BCUT2D eigenvalue weighted by atomic mass is 10.2. The minimum Gasteiger partial charge on any atom is -0.392 e. The van der Waals surface area contributed by atoms with Crippen molar-refractivity contribution in [2.45, 2.75) is 36.6 Å². The summed E-state index contributed by atoms with van der Waals surface area (Å²) in [6.45, 7) is -0.168. The van der Waals surface area contributed by atoms with E-state index in [1.54, 1.807) is 0 Å². The second kappa shape index (κ2) is 6.33. The molecule has 0 saturated heterocycles. The first-order valence-corrected chi connectivity index (χ1v) is 8.42. The topological polar surface area (TPSA) is 63.4 Å². The van der Waals surface area contributed by atoms with Gasteiger partial charge < -0.3 is 5.73 Å². The summed E-state index contributed by atoms with van der Waals surface area (Å²) in [5.74, 6) is -1.79. The Morgan fingerprint density at radius 3 is 2.52 bits per heavy atom. The van der Waals surface area contributed by atoms with Crippen LogP contribution in [0, 0.1) is 11.6 Å². The van der Waals surface area contributed by atoms with Gasteiger partial charge in [-0.25, -0.2) is 17.2 Å². The summed E-state index contributed by atoms with van der Waals surface area (Å²) in [4.78, 5) is -0.673. The lowest BCUT2D eigenvalue weighted by Crippen LogP contribution is -2.43. The number of benzene rings is 1. The predicted octanol–water partition coefficient (Wildman–Crippen LogP) is 2.18. The number of hydrogen-bond acceptors (Lipinski definition) is 3. The van der Waals surface area contributed by atoms with Crippen molar-refractivity contribution in [3.05, 3.63) is 29.8 Å². The van der Waals surface area contributed by atoms with Crippen LogP contribution in [0.4, 0.5) is 8.78 Å². The molecule has 1 aromatic rings. The van der Waals surface area contributed by atoms with Crippen LogP contribution in [0.2, 0.25) is 0 Å². The quantitative estimate of drug-likeness (QED) is 0.839. The Bertz CT molecular complexity index is 644. The molecule has 0 heterocycles. The smallest absolute Gasteiger partial charge is 0.246 e. The standard InChI is InChI=1S/C13H16F2N2O2S2/c14-9-5-6-11(15)12(7-9)21(18,19)17(8-13(16)20)10-3-1-2-4-10/h5-7,10H,1-4,8H2,(H2,16,20). The molecule has 4 nitrogen and oxygen atoms in total. The molecular formula is C13H16F2N2O2S2. The molecule has 1 aromatic carbocycles. The molecule has 0 bridgehead atoms. The highest BCUT2D eigenvalue weighted by atomic mass is 32.2. The van der Waals surface area contributed by atoms with Crippen LogP contribution in [0.25, 0.3) is 0 Å². The maximum absolute atomic E-state index is 13.8. The number of hydrogen-bond donors (Lipinski definition) is 1. The van der Waals surface area contributed by atoms with Crippen molar-refractivity contribution < 1.29 is 17.2 Å². The molecule has 1 fully saturated rings. The van der Waals surface area contributed by atoms with E-state index in [1.807, 2.05) is 0 Å². The van der Waals surface area contributed by atoms with Gasteiger partial charge in [0.05, 0.1) is 11.5 Å². The highest BCUT2D eigenvalue weighted by Gasteiger charge is 2.35. The van der Waals surface area contributed by atoms with Crippen LogP contribution >= 0.6 is 12.2 Å². The molecule has 1 aliphatic rings.